The van der Waals surface area contributed by atoms with Crippen molar-refractivity contribution in [1.82, 2.24) is 25.4 Å². The van der Waals surface area contributed by atoms with Gasteiger partial charge in [0.1, 0.15) is 5.82 Å². The van der Waals surface area contributed by atoms with Crippen molar-refractivity contribution in [2.75, 3.05) is 39.8 Å². The van der Waals surface area contributed by atoms with Crippen LogP contribution in [0, 0.1) is 11.8 Å². The molecule has 1 saturated heterocycles. The van der Waals surface area contributed by atoms with Crippen LogP contribution in [0.3, 0.4) is 0 Å². The fraction of sp³-hybridized carbons (Fsp3) is 0.452. The van der Waals surface area contributed by atoms with E-state index in [2.05, 4.69) is 70.3 Å². The van der Waals surface area contributed by atoms with Gasteiger partial charge >= 0.3 is 0 Å². The van der Waals surface area contributed by atoms with E-state index < -0.39 is 0 Å². The normalized spacial score (nSPS) is 25.1. The van der Waals surface area contributed by atoms with Crippen LogP contribution in [0.4, 0.5) is 0 Å². The highest BCUT2D eigenvalue weighted by Crippen LogP contribution is 2.25. The molecule has 38 heavy (non-hydrogen) atoms. The third-order valence-corrected chi connectivity index (χ3v) is 7.50. The number of allylic oxidation sites excluding steroid dienone is 3. The second kappa shape index (κ2) is 13.5. The summed E-state index contributed by atoms with van der Waals surface area (Å²) in [5.74, 6) is 1.13. The largest absolute Gasteiger partial charge is 0.349 e. The molecule has 0 spiro atoms. The first-order chi connectivity index (χ1) is 18.4. The van der Waals surface area contributed by atoms with Crippen LogP contribution in [0.15, 0.2) is 89.6 Å². The number of aliphatic imine (C=N–C) groups is 1. The number of amides is 1. The maximum absolute atomic E-state index is 13.1. The van der Waals surface area contributed by atoms with Crippen molar-refractivity contribution in [2.45, 2.75) is 39.2 Å². The van der Waals surface area contributed by atoms with E-state index in [1.165, 1.54) is 0 Å². The average molecular weight is 515 g/mol. The molecule has 7 nitrogen and oxygen atoms in total. The Morgan fingerprint density at radius 2 is 2.05 bits per heavy atom. The lowest BCUT2D eigenvalue weighted by atomic mass is 9.87. The Labute approximate surface area is 227 Å². The summed E-state index contributed by atoms with van der Waals surface area (Å²) in [5.41, 5.74) is 3.75. The molecule has 1 fully saturated rings. The van der Waals surface area contributed by atoms with Gasteiger partial charge in [-0.3, -0.25) is 9.78 Å². The van der Waals surface area contributed by atoms with Crippen LogP contribution in [-0.4, -0.2) is 72.2 Å². The van der Waals surface area contributed by atoms with Crippen LogP contribution >= 0.6 is 0 Å². The third kappa shape index (κ3) is 7.85. The van der Waals surface area contributed by atoms with Crippen molar-refractivity contribution in [3.63, 3.8) is 0 Å². The average Bonchev–Trinajstić information content (AvgIpc) is 2.92. The molecule has 0 radical (unpaired) electrons. The van der Waals surface area contributed by atoms with Crippen LogP contribution in [-0.2, 0) is 4.79 Å². The molecule has 4 rings (SSSR count). The number of hydrogen-bond acceptors (Lipinski definition) is 6. The van der Waals surface area contributed by atoms with Gasteiger partial charge in [0.05, 0.1) is 17.7 Å². The first-order valence-corrected chi connectivity index (χ1v) is 13.8. The molecule has 2 aliphatic carbocycles. The molecular formula is C31H42N6O. The number of carbonyl (C=O) groups is 1. The number of aromatic nitrogens is 1. The second-order valence-corrected chi connectivity index (χ2v) is 10.6. The lowest BCUT2D eigenvalue weighted by molar-refractivity contribution is -0.124. The summed E-state index contributed by atoms with van der Waals surface area (Å²) in [6.45, 7) is 13.8. The van der Waals surface area contributed by atoms with Gasteiger partial charge in [0.15, 0.2) is 0 Å². The van der Waals surface area contributed by atoms with Crippen LogP contribution < -0.4 is 10.6 Å². The summed E-state index contributed by atoms with van der Waals surface area (Å²) in [7, 11) is 2.19. The molecule has 0 aromatic carbocycles. The zero-order valence-corrected chi connectivity index (χ0v) is 23.1. The van der Waals surface area contributed by atoms with Crippen molar-refractivity contribution in [2.24, 2.45) is 16.8 Å². The SMILES string of the molecule is C=C(/N=C(\C=C/C)c1cccnc1)NC1=CC(NC(=O)C2C=CC(CN3CCN(C)CC3)CC2)CC=C1C. The zero-order valence-electron chi connectivity index (χ0n) is 23.1. The van der Waals surface area contributed by atoms with Gasteiger partial charge in [-0.25, -0.2) is 4.99 Å². The smallest absolute Gasteiger partial charge is 0.227 e. The van der Waals surface area contributed by atoms with Gasteiger partial charge in [0.2, 0.25) is 5.91 Å². The maximum atomic E-state index is 13.1. The van der Waals surface area contributed by atoms with E-state index in [1.54, 1.807) is 12.4 Å². The topological polar surface area (TPSA) is 72.9 Å². The number of piperazine rings is 1. The van der Waals surface area contributed by atoms with Crippen LogP contribution in [0.5, 0.6) is 0 Å². The summed E-state index contributed by atoms with van der Waals surface area (Å²) in [6.07, 6.45) is 18.8. The van der Waals surface area contributed by atoms with Crippen molar-refractivity contribution in [1.29, 1.82) is 0 Å². The predicted molar refractivity (Wildman–Crippen MR) is 156 cm³/mol. The molecule has 0 bridgehead atoms. The molecule has 3 atom stereocenters. The number of nitrogens with zero attached hydrogens (tertiary/aromatic N) is 4. The van der Waals surface area contributed by atoms with Crippen molar-refractivity contribution < 1.29 is 4.79 Å². The molecule has 3 unspecified atom stereocenters. The van der Waals surface area contributed by atoms with Crippen molar-refractivity contribution in [3.8, 4) is 0 Å². The molecule has 202 valence electrons. The highest BCUT2D eigenvalue weighted by atomic mass is 16.1. The second-order valence-electron chi connectivity index (χ2n) is 10.6. The fourth-order valence-corrected chi connectivity index (χ4v) is 5.15. The number of rotatable bonds is 9. The lowest BCUT2D eigenvalue weighted by Crippen LogP contribution is -2.46. The Morgan fingerprint density at radius 1 is 1.24 bits per heavy atom. The van der Waals surface area contributed by atoms with Crippen LogP contribution in [0.2, 0.25) is 0 Å². The molecule has 3 aliphatic rings. The Morgan fingerprint density at radius 3 is 2.74 bits per heavy atom. The van der Waals surface area contributed by atoms with Gasteiger partial charge in [-0.2, -0.15) is 0 Å². The number of carbonyl (C=O) groups excluding carboxylic acids is 1. The van der Waals surface area contributed by atoms with Gasteiger partial charge in [-0.1, -0.05) is 30.9 Å². The minimum Gasteiger partial charge on any atom is -0.349 e. The molecule has 1 aromatic heterocycles. The molecule has 1 aromatic rings. The first kappa shape index (κ1) is 27.7. The number of nitrogens with one attached hydrogen (secondary N) is 2. The predicted octanol–water partition coefficient (Wildman–Crippen LogP) is 4.06. The molecule has 0 saturated carbocycles. The minimum atomic E-state index is -0.0599. The van der Waals surface area contributed by atoms with Gasteiger partial charge < -0.3 is 20.4 Å². The zero-order chi connectivity index (χ0) is 26.9. The quantitative estimate of drug-likeness (QED) is 0.384. The molecular weight excluding hydrogens is 472 g/mol. The number of pyridine rings is 1. The molecule has 7 heteroatoms. The van der Waals surface area contributed by atoms with E-state index in [4.69, 9.17) is 4.99 Å². The van der Waals surface area contributed by atoms with Crippen LogP contribution in [0.25, 0.3) is 0 Å². The van der Waals surface area contributed by atoms with Gasteiger partial charge in [-0.15, -0.1) is 0 Å². The Hall–Kier alpha value is -3.29. The standard InChI is InChI=1S/C31H42N6O/c1-5-7-29(27-8-6-15-32-21-27)33-24(3)34-30-20-28(14-9-23(30)2)35-31(38)26-12-10-25(11-13-26)22-37-18-16-36(4)17-19-37/h5-10,12,15,20-21,25-26,28,34H,3,11,13-14,16-19,22H2,1-2,4H3,(H,35,38)/b7-5-,33-29+. The summed E-state index contributed by atoms with van der Waals surface area (Å²) < 4.78 is 0. The van der Waals surface area contributed by atoms with Crippen molar-refractivity contribution in [3.05, 3.63) is 90.2 Å². The molecule has 1 amide bonds. The van der Waals surface area contributed by atoms with E-state index in [0.717, 1.165) is 74.5 Å². The monoisotopic (exact) mass is 514 g/mol. The van der Waals surface area contributed by atoms with Gasteiger partial charge in [0, 0.05) is 56.4 Å². The Kier molecular flexibility index (Phi) is 9.85. The third-order valence-electron chi connectivity index (χ3n) is 7.50. The number of hydrogen-bond donors (Lipinski definition) is 2. The van der Waals surface area contributed by atoms with Crippen LogP contribution in [0.1, 0.15) is 38.7 Å². The molecule has 2 heterocycles. The Bertz CT molecular complexity index is 1120. The molecule has 2 N–H and O–H groups in total. The van der Waals surface area contributed by atoms with E-state index >= 15 is 0 Å². The minimum absolute atomic E-state index is 0.0574. The van der Waals surface area contributed by atoms with Gasteiger partial charge in [0.25, 0.3) is 0 Å². The van der Waals surface area contributed by atoms with Crippen molar-refractivity contribution >= 4 is 11.6 Å². The van der Waals surface area contributed by atoms with E-state index in [9.17, 15) is 4.79 Å². The Balaban J connectivity index is 1.32. The summed E-state index contributed by atoms with van der Waals surface area (Å²) >= 11 is 0. The van der Waals surface area contributed by atoms with Gasteiger partial charge in [-0.05, 0) is 75.9 Å². The lowest BCUT2D eigenvalue weighted by Gasteiger charge is -2.35. The first-order valence-electron chi connectivity index (χ1n) is 13.8. The summed E-state index contributed by atoms with van der Waals surface area (Å²) in [4.78, 5) is 26.9. The highest BCUT2D eigenvalue weighted by Gasteiger charge is 2.26. The highest BCUT2D eigenvalue weighted by molar-refractivity contribution is 6.08. The summed E-state index contributed by atoms with van der Waals surface area (Å²) in [6, 6.07) is 3.81. The van der Waals surface area contributed by atoms with E-state index in [1.807, 2.05) is 31.2 Å². The van der Waals surface area contributed by atoms with E-state index in [-0.39, 0.29) is 17.9 Å². The fourth-order valence-electron chi connectivity index (χ4n) is 5.15. The maximum Gasteiger partial charge on any atom is 0.227 e. The number of likely N-dealkylation sites (N-methyl/N-ethyl adjacent to an activating group) is 1. The molecule has 1 aliphatic heterocycles. The summed E-state index contributed by atoms with van der Waals surface area (Å²) in [5, 5.41) is 6.59. The van der Waals surface area contributed by atoms with E-state index in [0.29, 0.717) is 11.7 Å².